The summed E-state index contributed by atoms with van der Waals surface area (Å²) >= 11 is 0. The number of hydrogen-bond donors (Lipinski definition) is 1. The molecule has 0 spiro atoms. The highest BCUT2D eigenvalue weighted by atomic mass is 16.5. The van der Waals surface area contributed by atoms with Gasteiger partial charge in [-0.05, 0) is 36.1 Å². The summed E-state index contributed by atoms with van der Waals surface area (Å²) < 4.78 is 16.4. The number of methoxy groups -OCH3 is 2. The van der Waals surface area contributed by atoms with E-state index < -0.39 is 5.41 Å². The molecule has 1 heterocycles. The normalized spacial score (nSPS) is 17.1. The number of amides is 1. The summed E-state index contributed by atoms with van der Waals surface area (Å²) in [4.78, 5) is 13.2. The van der Waals surface area contributed by atoms with E-state index in [1.54, 1.807) is 14.2 Å². The summed E-state index contributed by atoms with van der Waals surface area (Å²) in [7, 11) is 3.29. The molecule has 0 aromatic heterocycles. The van der Waals surface area contributed by atoms with Gasteiger partial charge in [0, 0.05) is 26.9 Å². The molecule has 1 N–H and O–H groups in total. The third-order valence-electron chi connectivity index (χ3n) is 5.31. The molecule has 2 aromatic rings. The minimum atomic E-state index is -0.549. The van der Waals surface area contributed by atoms with Crippen LogP contribution in [-0.4, -0.2) is 39.9 Å². The van der Waals surface area contributed by atoms with Crippen molar-refractivity contribution in [3.63, 3.8) is 0 Å². The molecule has 3 rings (SSSR count). The first-order chi connectivity index (χ1) is 13.2. The van der Waals surface area contributed by atoms with Gasteiger partial charge in [-0.2, -0.15) is 0 Å². The van der Waals surface area contributed by atoms with Crippen molar-refractivity contribution in [2.75, 3.05) is 34.0 Å². The van der Waals surface area contributed by atoms with Crippen LogP contribution in [0.4, 0.5) is 0 Å². The van der Waals surface area contributed by atoms with E-state index in [0.717, 1.165) is 16.9 Å². The Hall–Kier alpha value is -2.37. The summed E-state index contributed by atoms with van der Waals surface area (Å²) in [5.41, 5.74) is 1.46. The Morgan fingerprint density at radius 3 is 2.52 bits per heavy atom. The predicted molar refractivity (Wildman–Crippen MR) is 104 cm³/mol. The zero-order valence-electron chi connectivity index (χ0n) is 15.9. The van der Waals surface area contributed by atoms with Crippen LogP contribution in [-0.2, 0) is 19.7 Å². The largest absolute Gasteiger partial charge is 0.497 e. The molecule has 5 nitrogen and oxygen atoms in total. The van der Waals surface area contributed by atoms with Gasteiger partial charge in [0.25, 0.3) is 0 Å². The van der Waals surface area contributed by atoms with Crippen LogP contribution in [0.3, 0.4) is 0 Å². The van der Waals surface area contributed by atoms with E-state index in [1.807, 2.05) is 54.6 Å². The van der Waals surface area contributed by atoms with Gasteiger partial charge in [0.15, 0.2) is 0 Å². The predicted octanol–water partition coefficient (Wildman–Crippen LogP) is 3.25. The van der Waals surface area contributed by atoms with E-state index in [2.05, 4.69) is 5.32 Å². The van der Waals surface area contributed by atoms with E-state index in [4.69, 9.17) is 14.2 Å². The second kappa shape index (κ2) is 9.02. The highest BCUT2D eigenvalue weighted by Crippen LogP contribution is 2.35. The molecule has 0 radical (unpaired) electrons. The zero-order valence-corrected chi connectivity index (χ0v) is 15.9. The van der Waals surface area contributed by atoms with Crippen LogP contribution in [0.25, 0.3) is 0 Å². The maximum Gasteiger partial charge on any atom is 0.230 e. The number of benzene rings is 2. The Morgan fingerprint density at radius 2 is 1.85 bits per heavy atom. The lowest BCUT2D eigenvalue weighted by Gasteiger charge is -2.36. The van der Waals surface area contributed by atoms with Crippen molar-refractivity contribution in [3.8, 4) is 5.75 Å². The molecule has 1 fully saturated rings. The van der Waals surface area contributed by atoms with Gasteiger partial charge in [-0.25, -0.2) is 0 Å². The average Bonchev–Trinajstić information content (AvgIpc) is 2.75. The van der Waals surface area contributed by atoms with E-state index in [-0.39, 0.29) is 12.0 Å². The van der Waals surface area contributed by atoms with Crippen molar-refractivity contribution >= 4 is 5.91 Å². The fourth-order valence-corrected chi connectivity index (χ4v) is 3.66. The molecule has 1 aliphatic rings. The highest BCUT2D eigenvalue weighted by molar-refractivity contribution is 5.88. The van der Waals surface area contributed by atoms with Crippen molar-refractivity contribution in [3.05, 3.63) is 65.7 Å². The maximum absolute atomic E-state index is 13.2. The second-order valence-electron chi connectivity index (χ2n) is 6.77. The highest BCUT2D eigenvalue weighted by Gasteiger charge is 2.41. The van der Waals surface area contributed by atoms with Gasteiger partial charge >= 0.3 is 0 Å². The van der Waals surface area contributed by atoms with Gasteiger partial charge in [0.1, 0.15) is 5.75 Å². The van der Waals surface area contributed by atoms with Gasteiger partial charge < -0.3 is 19.5 Å². The molecule has 0 bridgehead atoms. The first kappa shape index (κ1) is 19.4. The number of hydrogen-bond acceptors (Lipinski definition) is 4. The first-order valence-electron chi connectivity index (χ1n) is 9.28. The second-order valence-corrected chi connectivity index (χ2v) is 6.77. The van der Waals surface area contributed by atoms with Crippen LogP contribution < -0.4 is 10.1 Å². The van der Waals surface area contributed by atoms with E-state index >= 15 is 0 Å². The van der Waals surface area contributed by atoms with Crippen molar-refractivity contribution in [1.29, 1.82) is 0 Å². The molecular weight excluding hydrogens is 342 g/mol. The number of carbonyl (C=O) groups is 1. The third-order valence-corrected chi connectivity index (χ3v) is 5.31. The molecule has 1 unspecified atom stereocenters. The van der Waals surface area contributed by atoms with E-state index in [0.29, 0.717) is 32.6 Å². The number of rotatable bonds is 7. The van der Waals surface area contributed by atoms with Crippen molar-refractivity contribution in [2.45, 2.75) is 24.4 Å². The summed E-state index contributed by atoms with van der Waals surface area (Å²) in [6.45, 7) is 1.58. The number of nitrogens with one attached hydrogen (secondary N) is 1. The summed E-state index contributed by atoms with van der Waals surface area (Å²) in [6.07, 6.45) is 1.12. The lowest BCUT2D eigenvalue weighted by Crippen LogP contribution is -2.49. The lowest BCUT2D eigenvalue weighted by atomic mass is 9.73. The Bertz CT molecular complexity index is 741. The van der Waals surface area contributed by atoms with Crippen molar-refractivity contribution in [2.24, 2.45) is 0 Å². The minimum absolute atomic E-state index is 0.0296. The van der Waals surface area contributed by atoms with Crippen LogP contribution in [0.15, 0.2) is 54.6 Å². The topological polar surface area (TPSA) is 56.8 Å². The molecular formula is C22H27NO4. The van der Waals surface area contributed by atoms with Gasteiger partial charge in [0.2, 0.25) is 5.91 Å². The van der Waals surface area contributed by atoms with Crippen LogP contribution in [0.5, 0.6) is 5.75 Å². The van der Waals surface area contributed by atoms with Crippen LogP contribution in [0, 0.1) is 0 Å². The molecule has 144 valence electrons. The molecule has 1 aliphatic heterocycles. The molecule has 0 saturated carbocycles. The Labute approximate surface area is 160 Å². The Kier molecular flexibility index (Phi) is 6.48. The SMILES string of the molecule is COc1cccc(C(CNC(=O)C2(c3ccccc3)CCOCC2)OC)c1. The lowest BCUT2D eigenvalue weighted by molar-refractivity contribution is -0.131. The molecule has 2 aromatic carbocycles. The average molecular weight is 369 g/mol. The Morgan fingerprint density at radius 1 is 1.11 bits per heavy atom. The van der Waals surface area contributed by atoms with Crippen LogP contribution in [0.2, 0.25) is 0 Å². The van der Waals surface area contributed by atoms with E-state index in [9.17, 15) is 4.79 Å². The monoisotopic (exact) mass is 369 g/mol. The smallest absolute Gasteiger partial charge is 0.230 e. The zero-order chi connectivity index (χ0) is 19.1. The van der Waals surface area contributed by atoms with Crippen LogP contribution in [0.1, 0.15) is 30.1 Å². The van der Waals surface area contributed by atoms with E-state index in [1.165, 1.54) is 0 Å². The Balaban J connectivity index is 1.75. The molecule has 1 amide bonds. The van der Waals surface area contributed by atoms with Gasteiger partial charge in [-0.1, -0.05) is 42.5 Å². The molecule has 0 aliphatic carbocycles. The maximum atomic E-state index is 13.2. The number of carbonyl (C=O) groups excluding carboxylic acids is 1. The van der Waals surface area contributed by atoms with Crippen LogP contribution >= 0.6 is 0 Å². The summed E-state index contributed by atoms with van der Waals surface area (Å²) in [6, 6.07) is 17.7. The molecule has 5 heteroatoms. The minimum Gasteiger partial charge on any atom is -0.497 e. The fraction of sp³-hybridized carbons (Fsp3) is 0.409. The standard InChI is InChI=1S/C22H27NO4/c1-25-19-10-6-7-17(15-19)20(26-2)16-23-21(24)22(11-13-27-14-12-22)18-8-4-3-5-9-18/h3-10,15,20H,11-14,16H2,1-2H3,(H,23,24). The molecule has 1 saturated heterocycles. The summed E-state index contributed by atoms with van der Waals surface area (Å²) in [5, 5.41) is 3.12. The van der Waals surface area contributed by atoms with Gasteiger partial charge in [0.05, 0.1) is 18.6 Å². The van der Waals surface area contributed by atoms with Gasteiger partial charge in [-0.3, -0.25) is 4.79 Å². The first-order valence-corrected chi connectivity index (χ1v) is 9.28. The fourth-order valence-electron chi connectivity index (χ4n) is 3.66. The third kappa shape index (κ3) is 4.31. The molecule has 27 heavy (non-hydrogen) atoms. The summed E-state index contributed by atoms with van der Waals surface area (Å²) in [5.74, 6) is 0.799. The van der Waals surface area contributed by atoms with Crippen molar-refractivity contribution < 1.29 is 19.0 Å². The quantitative estimate of drug-likeness (QED) is 0.814. The van der Waals surface area contributed by atoms with Gasteiger partial charge in [-0.15, -0.1) is 0 Å². The van der Waals surface area contributed by atoms with Crippen molar-refractivity contribution in [1.82, 2.24) is 5.32 Å². The number of ether oxygens (including phenoxy) is 3. The molecule has 1 atom stereocenters.